The fraction of sp³-hybridized carbons (Fsp3) is 0.478. The van der Waals surface area contributed by atoms with Gasteiger partial charge in [-0.25, -0.2) is 0 Å². The van der Waals surface area contributed by atoms with Gasteiger partial charge in [-0.05, 0) is 38.0 Å². The number of nitrogens with one attached hydrogen (secondary N) is 1. The number of unbranched alkanes of at least 4 members (excludes halogenated alkanes) is 1. The smallest absolute Gasteiger partial charge is 0.303 e. The molecule has 4 atom stereocenters. The number of rotatable bonds is 11. The van der Waals surface area contributed by atoms with Crippen LogP contribution >= 0.6 is 0 Å². The van der Waals surface area contributed by atoms with E-state index in [0.717, 1.165) is 32.2 Å². The quantitative estimate of drug-likeness (QED) is 0.262. The van der Waals surface area contributed by atoms with E-state index < -0.39 is 5.97 Å². The Labute approximate surface area is 166 Å². The van der Waals surface area contributed by atoms with E-state index in [9.17, 15) is 9.59 Å². The van der Waals surface area contributed by atoms with Gasteiger partial charge in [0, 0.05) is 36.7 Å². The van der Waals surface area contributed by atoms with E-state index >= 15 is 0 Å². The molecular formula is C23H29NO4. The van der Waals surface area contributed by atoms with E-state index in [-0.39, 0.29) is 12.2 Å². The van der Waals surface area contributed by atoms with E-state index in [1.165, 1.54) is 0 Å². The summed E-state index contributed by atoms with van der Waals surface area (Å²) in [6.45, 7) is 0.803. The van der Waals surface area contributed by atoms with Crippen molar-refractivity contribution in [3.8, 4) is 0 Å². The Morgan fingerprint density at radius 3 is 2.61 bits per heavy atom. The molecule has 0 aliphatic carbocycles. The summed E-state index contributed by atoms with van der Waals surface area (Å²) >= 11 is 0. The minimum absolute atomic E-state index is 0.00173. The summed E-state index contributed by atoms with van der Waals surface area (Å²) in [4.78, 5) is 22.6. The molecule has 2 aliphatic rings. The van der Waals surface area contributed by atoms with Crippen LogP contribution < -0.4 is 5.32 Å². The van der Waals surface area contributed by atoms with Crippen LogP contribution in [0.25, 0.3) is 0 Å². The number of carbonyl (C=O) groups excluding carboxylic acids is 1. The molecule has 2 saturated heterocycles. The highest BCUT2D eigenvalue weighted by Crippen LogP contribution is 2.44. The Kier molecular flexibility index (Phi) is 7.43. The molecule has 0 aromatic heterocycles. The van der Waals surface area contributed by atoms with E-state index in [2.05, 4.69) is 17.5 Å². The van der Waals surface area contributed by atoms with Gasteiger partial charge in [0.15, 0.2) is 5.78 Å². The first-order valence-electron chi connectivity index (χ1n) is 10.2. The second kappa shape index (κ2) is 10.2. The molecule has 2 fully saturated rings. The van der Waals surface area contributed by atoms with Crippen LogP contribution in [0.3, 0.4) is 0 Å². The maximum absolute atomic E-state index is 12.1. The number of aliphatic carboxylic acids is 1. The number of allylic oxidation sites excluding steroid dienone is 3. The number of carboxylic acid groups (broad SMARTS) is 1. The van der Waals surface area contributed by atoms with Crippen LogP contribution in [0.15, 0.2) is 54.8 Å². The Bertz CT molecular complexity index is 713. The lowest BCUT2D eigenvalue weighted by molar-refractivity contribution is -0.137. The number of hydrogen-bond acceptors (Lipinski definition) is 4. The summed E-state index contributed by atoms with van der Waals surface area (Å²) in [6, 6.07) is 9.25. The number of ether oxygens (including phenoxy) is 1. The first-order chi connectivity index (χ1) is 13.6. The van der Waals surface area contributed by atoms with Crippen molar-refractivity contribution in [3.05, 3.63) is 60.3 Å². The third kappa shape index (κ3) is 5.55. The van der Waals surface area contributed by atoms with Crippen LogP contribution in [0.4, 0.5) is 0 Å². The van der Waals surface area contributed by atoms with Crippen molar-refractivity contribution < 1.29 is 19.4 Å². The van der Waals surface area contributed by atoms with Gasteiger partial charge in [0.25, 0.3) is 0 Å². The molecule has 150 valence electrons. The lowest BCUT2D eigenvalue weighted by atomic mass is 9.77. The van der Waals surface area contributed by atoms with Crippen LogP contribution in [0.5, 0.6) is 0 Å². The van der Waals surface area contributed by atoms with Crippen LogP contribution in [0.1, 0.15) is 48.9 Å². The van der Waals surface area contributed by atoms with E-state index in [1.54, 1.807) is 12.3 Å². The molecule has 5 nitrogen and oxygen atoms in total. The summed E-state index contributed by atoms with van der Waals surface area (Å²) < 4.78 is 6.11. The summed E-state index contributed by atoms with van der Waals surface area (Å²) in [6.07, 6.45) is 13.2. The molecule has 1 aromatic carbocycles. The van der Waals surface area contributed by atoms with Gasteiger partial charge in [0.05, 0.1) is 12.2 Å². The lowest BCUT2D eigenvalue weighted by Crippen LogP contribution is -2.33. The van der Waals surface area contributed by atoms with Gasteiger partial charge in [-0.2, -0.15) is 0 Å². The van der Waals surface area contributed by atoms with Gasteiger partial charge < -0.3 is 15.2 Å². The normalized spacial score (nSPS) is 26.3. The Balaban J connectivity index is 1.44. The molecule has 2 bridgehead atoms. The van der Waals surface area contributed by atoms with Crippen molar-refractivity contribution >= 4 is 11.8 Å². The molecule has 28 heavy (non-hydrogen) atoms. The molecule has 2 N–H and O–H groups in total. The van der Waals surface area contributed by atoms with Crippen LogP contribution in [0.2, 0.25) is 0 Å². The van der Waals surface area contributed by atoms with Crippen molar-refractivity contribution in [2.75, 3.05) is 6.54 Å². The third-order valence-electron chi connectivity index (χ3n) is 5.69. The molecule has 1 aromatic rings. The van der Waals surface area contributed by atoms with Crippen molar-refractivity contribution in [1.82, 2.24) is 5.32 Å². The summed E-state index contributed by atoms with van der Waals surface area (Å²) in [5, 5.41) is 12.0. The van der Waals surface area contributed by atoms with Crippen molar-refractivity contribution in [2.24, 2.45) is 11.8 Å². The van der Waals surface area contributed by atoms with Gasteiger partial charge in [-0.15, -0.1) is 0 Å². The molecule has 0 saturated carbocycles. The molecule has 0 radical (unpaired) electrons. The average molecular weight is 383 g/mol. The summed E-state index contributed by atoms with van der Waals surface area (Å²) in [7, 11) is 0. The second-order valence-electron chi connectivity index (χ2n) is 7.58. The first kappa shape index (κ1) is 20.3. The minimum Gasteiger partial charge on any atom is -0.481 e. The van der Waals surface area contributed by atoms with E-state index in [0.29, 0.717) is 36.0 Å². The van der Waals surface area contributed by atoms with Gasteiger partial charge >= 0.3 is 5.97 Å². The largest absolute Gasteiger partial charge is 0.481 e. The SMILES string of the molecule is O=C(O)CCC/C=C\C[C@H]1[C@@H](CNC=CC(=O)c2ccccc2)[C@H]2CC[C@@H]1O2. The molecule has 2 heterocycles. The predicted molar refractivity (Wildman–Crippen MR) is 108 cm³/mol. The van der Waals surface area contributed by atoms with Crippen LogP contribution in [0, 0.1) is 11.8 Å². The number of fused-ring (bicyclic) bond motifs is 2. The summed E-state index contributed by atoms with van der Waals surface area (Å²) in [5.41, 5.74) is 0.690. The highest BCUT2D eigenvalue weighted by atomic mass is 16.5. The summed E-state index contributed by atoms with van der Waals surface area (Å²) in [5.74, 6) is 0.192. The zero-order valence-corrected chi connectivity index (χ0v) is 16.1. The third-order valence-corrected chi connectivity index (χ3v) is 5.69. The van der Waals surface area contributed by atoms with Crippen LogP contribution in [-0.2, 0) is 9.53 Å². The molecule has 0 unspecified atom stereocenters. The lowest BCUT2D eigenvalue weighted by Gasteiger charge is -2.27. The monoisotopic (exact) mass is 383 g/mol. The maximum atomic E-state index is 12.1. The van der Waals surface area contributed by atoms with E-state index in [1.807, 2.05) is 30.3 Å². The Morgan fingerprint density at radius 2 is 1.86 bits per heavy atom. The number of carbonyl (C=O) groups is 2. The molecule has 0 spiro atoms. The van der Waals surface area contributed by atoms with Crippen molar-refractivity contribution in [2.45, 2.75) is 50.7 Å². The Hall–Kier alpha value is -2.40. The minimum atomic E-state index is -0.736. The Morgan fingerprint density at radius 1 is 1.11 bits per heavy atom. The fourth-order valence-corrected chi connectivity index (χ4v) is 4.26. The number of carboxylic acids is 1. The average Bonchev–Trinajstić information content (AvgIpc) is 3.30. The fourth-order valence-electron chi connectivity index (χ4n) is 4.26. The molecule has 3 rings (SSSR count). The standard InChI is InChI=1S/C23H29NO4/c25-20(17-8-4-3-5-9-17)14-15-24-16-19-18(21-12-13-22(19)28-21)10-6-1-2-7-11-23(26)27/h1,3-6,8-9,14-15,18-19,21-22,24H,2,7,10-13,16H2,(H,26,27)/b6-1-,15-14?/t18-,19+,21-,22+/m0/s1. The van der Waals surface area contributed by atoms with Crippen LogP contribution in [-0.4, -0.2) is 35.6 Å². The first-order valence-corrected chi connectivity index (χ1v) is 10.2. The molecule has 5 heteroatoms. The van der Waals surface area contributed by atoms with E-state index in [4.69, 9.17) is 9.84 Å². The van der Waals surface area contributed by atoms with Gasteiger partial charge in [0.1, 0.15) is 0 Å². The molecule has 2 aliphatic heterocycles. The molecule has 0 amide bonds. The number of ketones is 1. The highest BCUT2D eigenvalue weighted by Gasteiger charge is 2.47. The second-order valence-corrected chi connectivity index (χ2v) is 7.58. The molecular weight excluding hydrogens is 354 g/mol. The zero-order valence-electron chi connectivity index (χ0n) is 16.1. The van der Waals surface area contributed by atoms with Gasteiger partial charge in [0.2, 0.25) is 0 Å². The topological polar surface area (TPSA) is 75.6 Å². The van der Waals surface area contributed by atoms with Gasteiger partial charge in [-0.1, -0.05) is 42.5 Å². The van der Waals surface area contributed by atoms with Crippen molar-refractivity contribution in [3.63, 3.8) is 0 Å². The van der Waals surface area contributed by atoms with Gasteiger partial charge in [-0.3, -0.25) is 9.59 Å². The maximum Gasteiger partial charge on any atom is 0.303 e. The number of hydrogen-bond donors (Lipinski definition) is 2. The predicted octanol–water partition coefficient (Wildman–Crippen LogP) is 3.97. The zero-order chi connectivity index (χ0) is 19.8. The number of benzene rings is 1. The van der Waals surface area contributed by atoms with Crippen molar-refractivity contribution in [1.29, 1.82) is 0 Å². The highest BCUT2D eigenvalue weighted by molar-refractivity contribution is 6.04.